The van der Waals surface area contributed by atoms with Crippen molar-refractivity contribution in [2.45, 2.75) is 13.3 Å². The Hall–Kier alpha value is -1.68. The van der Waals surface area contributed by atoms with E-state index in [0.717, 1.165) is 24.5 Å². The molecule has 2 aromatic heterocycles. The average molecular weight is 249 g/mol. The second-order valence-corrected chi connectivity index (χ2v) is 3.99. The summed E-state index contributed by atoms with van der Waals surface area (Å²) in [6.07, 6.45) is 4.36. The second kappa shape index (κ2) is 5.59. The highest BCUT2D eigenvalue weighted by Crippen LogP contribution is 2.15. The van der Waals surface area contributed by atoms with Crippen LogP contribution in [0.5, 0.6) is 0 Å². The van der Waals surface area contributed by atoms with E-state index in [1.807, 2.05) is 6.07 Å². The van der Waals surface area contributed by atoms with Gasteiger partial charge < -0.3 is 5.32 Å². The summed E-state index contributed by atoms with van der Waals surface area (Å²) in [7, 11) is 0. The molecule has 0 atom stereocenters. The first-order valence-corrected chi connectivity index (χ1v) is 5.86. The molecule has 0 saturated heterocycles. The summed E-state index contributed by atoms with van der Waals surface area (Å²) in [6.45, 7) is 3.00. The standard InChI is InChI=1S/C12H13ClN4/c1-2-6-14-11-5-7-15-12(17-11)10-4-3-9(13)8-16-10/h3-5,7-8H,2,6H2,1H3,(H,14,15,17). The van der Waals surface area contributed by atoms with Gasteiger partial charge in [-0.15, -0.1) is 0 Å². The lowest BCUT2D eigenvalue weighted by Crippen LogP contribution is -2.03. The molecule has 17 heavy (non-hydrogen) atoms. The molecule has 0 radical (unpaired) electrons. The maximum Gasteiger partial charge on any atom is 0.180 e. The summed E-state index contributed by atoms with van der Waals surface area (Å²) >= 11 is 5.78. The van der Waals surface area contributed by atoms with E-state index in [1.165, 1.54) is 0 Å². The molecule has 0 amide bonds. The van der Waals surface area contributed by atoms with E-state index in [9.17, 15) is 0 Å². The Morgan fingerprint density at radius 3 is 2.82 bits per heavy atom. The lowest BCUT2D eigenvalue weighted by molar-refractivity contribution is 0.965. The lowest BCUT2D eigenvalue weighted by Gasteiger charge is -2.05. The molecule has 1 N–H and O–H groups in total. The minimum atomic E-state index is 0.600. The third-order valence-corrected chi connectivity index (χ3v) is 2.39. The van der Waals surface area contributed by atoms with Crippen molar-refractivity contribution in [1.82, 2.24) is 15.0 Å². The third kappa shape index (κ3) is 3.14. The van der Waals surface area contributed by atoms with Crippen LogP contribution in [-0.4, -0.2) is 21.5 Å². The smallest absolute Gasteiger partial charge is 0.180 e. The second-order valence-electron chi connectivity index (χ2n) is 3.55. The van der Waals surface area contributed by atoms with Gasteiger partial charge in [0.05, 0.1) is 5.02 Å². The Morgan fingerprint density at radius 1 is 1.24 bits per heavy atom. The van der Waals surface area contributed by atoms with Gasteiger partial charge in [-0.25, -0.2) is 9.97 Å². The lowest BCUT2D eigenvalue weighted by atomic mass is 10.3. The van der Waals surface area contributed by atoms with Crippen molar-refractivity contribution >= 4 is 17.4 Å². The van der Waals surface area contributed by atoms with Crippen LogP contribution in [0, 0.1) is 0 Å². The molecular formula is C12H13ClN4. The number of anilines is 1. The van der Waals surface area contributed by atoms with Crippen LogP contribution < -0.4 is 5.32 Å². The van der Waals surface area contributed by atoms with Crippen LogP contribution >= 0.6 is 11.6 Å². The zero-order valence-corrected chi connectivity index (χ0v) is 10.3. The summed E-state index contributed by atoms with van der Waals surface area (Å²) in [4.78, 5) is 12.8. The fourth-order valence-corrected chi connectivity index (χ4v) is 1.45. The third-order valence-electron chi connectivity index (χ3n) is 2.17. The van der Waals surface area contributed by atoms with Gasteiger partial charge in [0, 0.05) is 18.9 Å². The van der Waals surface area contributed by atoms with Crippen LogP contribution in [0.3, 0.4) is 0 Å². The Kier molecular flexibility index (Phi) is 3.88. The fourth-order valence-electron chi connectivity index (χ4n) is 1.34. The van der Waals surface area contributed by atoms with Gasteiger partial charge in [0.15, 0.2) is 5.82 Å². The largest absolute Gasteiger partial charge is 0.370 e. The van der Waals surface area contributed by atoms with Crippen LogP contribution in [0.25, 0.3) is 11.5 Å². The molecule has 4 nitrogen and oxygen atoms in total. The first-order valence-electron chi connectivity index (χ1n) is 5.48. The predicted molar refractivity (Wildman–Crippen MR) is 69.1 cm³/mol. The number of halogens is 1. The normalized spacial score (nSPS) is 10.2. The minimum Gasteiger partial charge on any atom is -0.370 e. The van der Waals surface area contributed by atoms with Crippen molar-refractivity contribution < 1.29 is 0 Å². The van der Waals surface area contributed by atoms with Crippen LogP contribution in [0.2, 0.25) is 5.02 Å². The molecule has 0 aliphatic heterocycles. The fraction of sp³-hybridized carbons (Fsp3) is 0.250. The predicted octanol–water partition coefficient (Wildman–Crippen LogP) is 3.01. The Bertz CT molecular complexity index is 484. The van der Waals surface area contributed by atoms with Crippen LogP contribution in [0.15, 0.2) is 30.6 Å². The SMILES string of the molecule is CCCNc1ccnc(-c2ccc(Cl)cn2)n1. The van der Waals surface area contributed by atoms with Gasteiger partial charge in [-0.3, -0.25) is 4.98 Å². The summed E-state index contributed by atoms with van der Waals surface area (Å²) in [5, 5.41) is 3.82. The van der Waals surface area contributed by atoms with Gasteiger partial charge in [0.2, 0.25) is 0 Å². The van der Waals surface area contributed by atoms with E-state index in [2.05, 4.69) is 27.2 Å². The van der Waals surface area contributed by atoms with Gasteiger partial charge in [-0.2, -0.15) is 0 Å². The quantitative estimate of drug-likeness (QED) is 0.904. The van der Waals surface area contributed by atoms with Gasteiger partial charge in [0.25, 0.3) is 0 Å². The van der Waals surface area contributed by atoms with Crippen LogP contribution in [0.1, 0.15) is 13.3 Å². The molecule has 2 aromatic rings. The number of pyridine rings is 1. The number of hydrogen-bond donors (Lipinski definition) is 1. The summed E-state index contributed by atoms with van der Waals surface area (Å²) in [6, 6.07) is 5.43. The Balaban J connectivity index is 2.23. The van der Waals surface area contributed by atoms with E-state index in [1.54, 1.807) is 24.5 Å². The Labute approximate surface area is 105 Å². The molecule has 0 fully saturated rings. The van der Waals surface area contributed by atoms with Crippen molar-refractivity contribution in [3.8, 4) is 11.5 Å². The molecule has 0 unspecified atom stereocenters. The van der Waals surface area contributed by atoms with Crippen molar-refractivity contribution in [3.63, 3.8) is 0 Å². The highest BCUT2D eigenvalue weighted by Gasteiger charge is 2.03. The van der Waals surface area contributed by atoms with E-state index >= 15 is 0 Å². The number of nitrogens with one attached hydrogen (secondary N) is 1. The van der Waals surface area contributed by atoms with Crippen molar-refractivity contribution in [1.29, 1.82) is 0 Å². The molecule has 88 valence electrons. The summed E-state index contributed by atoms with van der Waals surface area (Å²) in [5.41, 5.74) is 0.717. The molecule has 0 aliphatic carbocycles. The van der Waals surface area contributed by atoms with Crippen molar-refractivity contribution in [3.05, 3.63) is 35.6 Å². The topological polar surface area (TPSA) is 50.7 Å². The molecular weight excluding hydrogens is 236 g/mol. The van der Waals surface area contributed by atoms with E-state index in [4.69, 9.17) is 11.6 Å². The molecule has 0 aliphatic rings. The zero-order valence-electron chi connectivity index (χ0n) is 9.52. The first-order chi connectivity index (χ1) is 8.29. The average Bonchev–Trinajstić information content (AvgIpc) is 2.37. The highest BCUT2D eigenvalue weighted by molar-refractivity contribution is 6.30. The molecule has 0 saturated carbocycles. The van der Waals surface area contributed by atoms with E-state index < -0.39 is 0 Å². The van der Waals surface area contributed by atoms with E-state index in [-0.39, 0.29) is 0 Å². The number of hydrogen-bond acceptors (Lipinski definition) is 4. The van der Waals surface area contributed by atoms with Crippen molar-refractivity contribution in [2.24, 2.45) is 0 Å². The van der Waals surface area contributed by atoms with Gasteiger partial charge in [0.1, 0.15) is 11.5 Å². The van der Waals surface area contributed by atoms with Crippen LogP contribution in [0.4, 0.5) is 5.82 Å². The highest BCUT2D eigenvalue weighted by atomic mass is 35.5. The van der Waals surface area contributed by atoms with Gasteiger partial charge >= 0.3 is 0 Å². The van der Waals surface area contributed by atoms with Crippen molar-refractivity contribution in [2.75, 3.05) is 11.9 Å². The number of aromatic nitrogens is 3. The summed E-state index contributed by atoms with van der Waals surface area (Å²) in [5.74, 6) is 1.41. The molecule has 0 bridgehead atoms. The minimum absolute atomic E-state index is 0.600. The number of rotatable bonds is 4. The van der Waals surface area contributed by atoms with Crippen LogP contribution in [-0.2, 0) is 0 Å². The monoisotopic (exact) mass is 248 g/mol. The number of nitrogens with zero attached hydrogens (tertiary/aromatic N) is 3. The van der Waals surface area contributed by atoms with Gasteiger partial charge in [-0.05, 0) is 24.6 Å². The molecule has 0 aromatic carbocycles. The maximum absolute atomic E-state index is 5.78. The zero-order chi connectivity index (χ0) is 12.1. The first kappa shape index (κ1) is 11.8. The van der Waals surface area contributed by atoms with E-state index in [0.29, 0.717) is 10.8 Å². The molecule has 5 heteroatoms. The Morgan fingerprint density at radius 2 is 2.12 bits per heavy atom. The maximum atomic E-state index is 5.78. The molecule has 2 rings (SSSR count). The molecule has 2 heterocycles. The van der Waals surface area contributed by atoms with Gasteiger partial charge in [-0.1, -0.05) is 18.5 Å². The summed E-state index contributed by atoms with van der Waals surface area (Å²) < 4.78 is 0. The molecule has 0 spiro atoms.